The van der Waals surface area contributed by atoms with Gasteiger partial charge in [0, 0.05) is 19.3 Å². The van der Waals surface area contributed by atoms with Crippen molar-refractivity contribution < 1.29 is 28.6 Å². The summed E-state index contributed by atoms with van der Waals surface area (Å²) in [6.45, 7) is 6.29. The van der Waals surface area contributed by atoms with Crippen molar-refractivity contribution in [2.45, 2.75) is 181 Å². The first kappa shape index (κ1) is 53.1. The third-order valence-corrected chi connectivity index (χ3v) is 8.92. The van der Waals surface area contributed by atoms with Crippen molar-refractivity contribution in [1.29, 1.82) is 0 Å². The van der Waals surface area contributed by atoms with Gasteiger partial charge in [0.25, 0.3) is 0 Å². The molecule has 0 aliphatic rings. The molecule has 0 aromatic rings. The maximum absolute atomic E-state index is 12.7. The average Bonchev–Trinajstić information content (AvgIpc) is 3.21. The predicted molar refractivity (Wildman–Crippen MR) is 242 cm³/mol. The standard InChI is InChI=1S/C51H80O6/c1-4-7-10-13-16-19-22-23-24-25-26-27-30-32-35-38-41-44-50(53)56-47-48(57-51(54)45-42-39-36-33-29-21-18-15-12-9-6-3)46-55-49(52)43-40-37-34-31-28-20-17-14-11-8-5-2/h7,10,13-19,21-27,29-30,48H,4-6,8-9,11-12,20,28,31-47H2,1-3H3/b10-7-,16-13-,17-14-,18-15-,22-19-,24-23-,26-25+,29-21-,30-27-. The van der Waals surface area contributed by atoms with Crippen LogP contribution in [0.2, 0.25) is 0 Å². The zero-order valence-electron chi connectivity index (χ0n) is 36.3. The lowest BCUT2D eigenvalue weighted by atomic mass is 10.1. The minimum Gasteiger partial charge on any atom is -0.462 e. The number of ether oxygens (including phenoxy) is 3. The molecule has 0 aromatic carbocycles. The van der Waals surface area contributed by atoms with Crippen molar-refractivity contribution in [3.63, 3.8) is 0 Å². The van der Waals surface area contributed by atoms with Gasteiger partial charge in [0.15, 0.2) is 6.10 Å². The number of rotatable bonds is 38. The van der Waals surface area contributed by atoms with E-state index in [0.29, 0.717) is 12.8 Å². The second kappa shape index (κ2) is 44.8. The molecule has 1 atom stereocenters. The summed E-state index contributed by atoms with van der Waals surface area (Å²) in [7, 11) is 0. The largest absolute Gasteiger partial charge is 0.462 e. The Kier molecular flexibility index (Phi) is 41.7. The number of hydrogen-bond acceptors (Lipinski definition) is 6. The molecule has 0 radical (unpaired) electrons. The highest BCUT2D eigenvalue weighted by Crippen LogP contribution is 2.11. The van der Waals surface area contributed by atoms with Crippen LogP contribution < -0.4 is 0 Å². The van der Waals surface area contributed by atoms with Crippen LogP contribution in [-0.4, -0.2) is 37.2 Å². The van der Waals surface area contributed by atoms with Crippen LogP contribution in [0.4, 0.5) is 0 Å². The van der Waals surface area contributed by atoms with E-state index in [1.165, 1.54) is 38.5 Å². The minimum absolute atomic E-state index is 0.111. The van der Waals surface area contributed by atoms with E-state index in [1.54, 1.807) is 0 Å². The van der Waals surface area contributed by atoms with Crippen molar-refractivity contribution in [1.82, 2.24) is 0 Å². The molecular weight excluding hydrogens is 709 g/mol. The number of esters is 3. The molecule has 0 rings (SSSR count). The number of hydrogen-bond donors (Lipinski definition) is 0. The van der Waals surface area contributed by atoms with Crippen molar-refractivity contribution in [3.05, 3.63) is 109 Å². The van der Waals surface area contributed by atoms with Gasteiger partial charge in [0.05, 0.1) is 0 Å². The predicted octanol–water partition coefficient (Wildman–Crippen LogP) is 14.4. The molecule has 0 amide bonds. The molecule has 0 heterocycles. The molecule has 6 heteroatoms. The molecule has 0 spiro atoms. The third kappa shape index (κ3) is 43.0. The first-order valence-corrected chi connectivity index (χ1v) is 22.5. The van der Waals surface area contributed by atoms with E-state index >= 15 is 0 Å². The number of carbonyl (C=O) groups excluding carboxylic acids is 3. The SMILES string of the molecule is CC\C=C/C=C\C=C/C=C\C=C\C=C/CCCCCC(=O)OCC(COC(=O)CCCCCCC/C=C\CCCC)OC(=O)CCCCC/C=C\C=C/CCCC. The average molecular weight is 789 g/mol. The van der Waals surface area contributed by atoms with Crippen LogP contribution >= 0.6 is 0 Å². The Balaban J connectivity index is 4.54. The fourth-order valence-electron chi connectivity index (χ4n) is 5.49. The zero-order chi connectivity index (χ0) is 41.5. The fourth-order valence-corrected chi connectivity index (χ4v) is 5.49. The van der Waals surface area contributed by atoms with E-state index in [1.807, 2.05) is 60.8 Å². The van der Waals surface area contributed by atoms with Crippen molar-refractivity contribution in [3.8, 4) is 0 Å². The Hall–Kier alpha value is -3.93. The fraction of sp³-hybridized carbons (Fsp3) is 0.588. The third-order valence-electron chi connectivity index (χ3n) is 8.92. The molecule has 0 N–H and O–H groups in total. The quantitative estimate of drug-likeness (QED) is 0.0204. The van der Waals surface area contributed by atoms with Gasteiger partial charge in [-0.15, -0.1) is 0 Å². The summed E-state index contributed by atoms with van der Waals surface area (Å²) in [5, 5.41) is 0. The zero-order valence-corrected chi connectivity index (χ0v) is 36.3. The first-order chi connectivity index (χ1) is 28.0. The van der Waals surface area contributed by atoms with Crippen LogP contribution in [0.1, 0.15) is 175 Å². The van der Waals surface area contributed by atoms with Gasteiger partial charge in [-0.25, -0.2) is 0 Å². The molecule has 0 aliphatic heterocycles. The summed E-state index contributed by atoms with van der Waals surface area (Å²) in [5.41, 5.74) is 0. The number of allylic oxidation sites excluding steroid dienone is 18. The Morgan fingerprint density at radius 2 is 0.702 bits per heavy atom. The summed E-state index contributed by atoms with van der Waals surface area (Å²) in [5.74, 6) is -1.01. The maximum Gasteiger partial charge on any atom is 0.306 e. The Labute approximate surface area is 349 Å². The highest BCUT2D eigenvalue weighted by molar-refractivity contribution is 5.71. The second-order valence-corrected chi connectivity index (χ2v) is 14.4. The molecule has 0 saturated carbocycles. The molecule has 0 bridgehead atoms. The summed E-state index contributed by atoms with van der Waals surface area (Å²) >= 11 is 0. The second-order valence-electron chi connectivity index (χ2n) is 14.4. The van der Waals surface area contributed by atoms with Crippen LogP contribution in [0, 0.1) is 0 Å². The Morgan fingerprint density at radius 1 is 0.368 bits per heavy atom. The highest BCUT2D eigenvalue weighted by Gasteiger charge is 2.19. The Morgan fingerprint density at radius 3 is 1.18 bits per heavy atom. The van der Waals surface area contributed by atoms with E-state index < -0.39 is 6.10 Å². The van der Waals surface area contributed by atoms with Gasteiger partial charge >= 0.3 is 17.9 Å². The smallest absolute Gasteiger partial charge is 0.306 e. The van der Waals surface area contributed by atoms with Gasteiger partial charge in [-0.3, -0.25) is 14.4 Å². The number of carbonyl (C=O) groups is 3. The minimum atomic E-state index is -0.813. The van der Waals surface area contributed by atoms with Gasteiger partial charge in [-0.1, -0.05) is 188 Å². The molecular formula is C51H80O6. The van der Waals surface area contributed by atoms with Crippen LogP contribution in [0.25, 0.3) is 0 Å². The summed E-state index contributed by atoms with van der Waals surface area (Å²) in [4.78, 5) is 37.7. The van der Waals surface area contributed by atoms with E-state index in [0.717, 1.165) is 96.3 Å². The van der Waals surface area contributed by atoms with Crippen molar-refractivity contribution in [2.24, 2.45) is 0 Å². The van der Waals surface area contributed by atoms with Gasteiger partial charge in [-0.05, 0) is 77.0 Å². The van der Waals surface area contributed by atoms with E-state index in [9.17, 15) is 14.4 Å². The highest BCUT2D eigenvalue weighted by atomic mass is 16.6. The molecule has 57 heavy (non-hydrogen) atoms. The summed E-state index contributed by atoms with van der Waals surface area (Å²) in [6, 6.07) is 0. The van der Waals surface area contributed by atoms with Crippen LogP contribution in [0.5, 0.6) is 0 Å². The van der Waals surface area contributed by atoms with Gasteiger partial charge in [0.1, 0.15) is 13.2 Å². The van der Waals surface area contributed by atoms with Crippen LogP contribution in [-0.2, 0) is 28.6 Å². The lowest BCUT2D eigenvalue weighted by Crippen LogP contribution is -2.30. The molecule has 6 nitrogen and oxygen atoms in total. The molecule has 320 valence electrons. The van der Waals surface area contributed by atoms with Gasteiger partial charge in [-0.2, -0.15) is 0 Å². The Bertz CT molecular complexity index is 1230. The first-order valence-electron chi connectivity index (χ1n) is 22.5. The summed E-state index contributed by atoms with van der Waals surface area (Å²) < 4.78 is 16.6. The lowest BCUT2D eigenvalue weighted by molar-refractivity contribution is -0.167. The lowest BCUT2D eigenvalue weighted by Gasteiger charge is -2.18. The van der Waals surface area contributed by atoms with Crippen LogP contribution in [0.3, 0.4) is 0 Å². The molecule has 0 aromatic heterocycles. The van der Waals surface area contributed by atoms with E-state index in [-0.39, 0.29) is 37.5 Å². The topological polar surface area (TPSA) is 78.9 Å². The van der Waals surface area contributed by atoms with Crippen LogP contribution in [0.15, 0.2) is 109 Å². The van der Waals surface area contributed by atoms with Gasteiger partial charge < -0.3 is 14.2 Å². The maximum atomic E-state index is 12.7. The van der Waals surface area contributed by atoms with Gasteiger partial charge in [0.2, 0.25) is 0 Å². The molecule has 0 saturated heterocycles. The van der Waals surface area contributed by atoms with Crippen molar-refractivity contribution in [2.75, 3.05) is 13.2 Å². The van der Waals surface area contributed by atoms with E-state index in [4.69, 9.17) is 14.2 Å². The number of unbranched alkanes of at least 4 members (excludes halogenated alkanes) is 15. The van der Waals surface area contributed by atoms with Crippen molar-refractivity contribution >= 4 is 17.9 Å². The molecule has 1 unspecified atom stereocenters. The summed E-state index contributed by atoms with van der Waals surface area (Å²) in [6.07, 6.45) is 59.2. The molecule has 0 fully saturated rings. The van der Waals surface area contributed by atoms with E-state index in [2.05, 4.69) is 69.4 Å². The monoisotopic (exact) mass is 789 g/mol. The molecule has 0 aliphatic carbocycles. The normalized spacial score (nSPS) is 13.1.